The van der Waals surface area contributed by atoms with Gasteiger partial charge < -0.3 is 11.1 Å². The van der Waals surface area contributed by atoms with Crippen LogP contribution in [0.1, 0.15) is 11.5 Å². The zero-order valence-corrected chi connectivity index (χ0v) is 13.0. The Kier molecular flexibility index (Phi) is 3.19. The fourth-order valence-electron chi connectivity index (χ4n) is 3.29. The van der Waals surface area contributed by atoms with Crippen molar-refractivity contribution in [1.82, 2.24) is 0 Å². The van der Waals surface area contributed by atoms with Crippen molar-refractivity contribution < 1.29 is 4.39 Å². The van der Waals surface area contributed by atoms with E-state index in [0.717, 1.165) is 11.4 Å². The fourth-order valence-corrected chi connectivity index (χ4v) is 3.29. The lowest BCUT2D eigenvalue weighted by Crippen LogP contribution is -2.34. The van der Waals surface area contributed by atoms with Crippen LogP contribution in [-0.2, 0) is 0 Å². The summed E-state index contributed by atoms with van der Waals surface area (Å²) in [6.07, 6.45) is 0. The lowest BCUT2D eigenvalue weighted by atomic mass is 9.83. The Morgan fingerprint density at radius 1 is 1.00 bits per heavy atom. The summed E-state index contributed by atoms with van der Waals surface area (Å²) in [5, 5.41) is 22.7. The van der Waals surface area contributed by atoms with E-state index in [1.807, 2.05) is 24.3 Å². The number of anilines is 2. The average molecular weight is 329 g/mol. The summed E-state index contributed by atoms with van der Waals surface area (Å²) in [5.41, 5.74) is 9.16. The van der Waals surface area contributed by atoms with E-state index >= 15 is 0 Å². The van der Waals surface area contributed by atoms with Gasteiger partial charge in [-0.05, 0) is 29.8 Å². The van der Waals surface area contributed by atoms with Crippen LogP contribution in [0.3, 0.4) is 0 Å². The molecule has 0 aliphatic carbocycles. The molecule has 0 unspecified atom stereocenters. The first kappa shape index (κ1) is 14.8. The van der Waals surface area contributed by atoms with Crippen LogP contribution >= 0.6 is 0 Å². The second-order valence-electron chi connectivity index (χ2n) is 5.75. The van der Waals surface area contributed by atoms with Gasteiger partial charge in [-0.25, -0.2) is 4.39 Å². The minimum Gasteiger partial charge on any atom is -0.384 e. The standard InChI is InChI=1S/C19H12FN5/c20-12-7-5-11(6-8-12)17-13(9-21)18(23)25-16-4-2-1-3-15(16)24-19(25)14(17)10-22/h1-8,17,24H,23H2/t17-/m1/s1. The van der Waals surface area contributed by atoms with Crippen LogP contribution in [0.5, 0.6) is 0 Å². The molecule has 2 heterocycles. The minimum absolute atomic E-state index is 0.267. The van der Waals surface area contributed by atoms with Crippen LogP contribution in [0, 0.1) is 28.5 Å². The van der Waals surface area contributed by atoms with Crippen molar-refractivity contribution in [2.24, 2.45) is 5.73 Å². The topological polar surface area (TPSA) is 88.9 Å². The normalized spacial score (nSPS) is 18.2. The molecule has 0 fully saturated rings. The third-order valence-electron chi connectivity index (χ3n) is 4.42. The van der Waals surface area contributed by atoms with E-state index in [9.17, 15) is 14.9 Å². The van der Waals surface area contributed by atoms with Crippen molar-refractivity contribution >= 4 is 11.4 Å². The Morgan fingerprint density at radius 2 is 1.68 bits per heavy atom. The number of nitrogens with zero attached hydrogens (tertiary/aromatic N) is 3. The van der Waals surface area contributed by atoms with E-state index in [1.54, 1.807) is 17.0 Å². The molecule has 3 N–H and O–H groups in total. The number of fused-ring (bicyclic) bond motifs is 3. The second-order valence-corrected chi connectivity index (χ2v) is 5.75. The molecule has 2 aromatic carbocycles. The van der Waals surface area contributed by atoms with Crippen LogP contribution in [-0.4, -0.2) is 0 Å². The van der Waals surface area contributed by atoms with Gasteiger partial charge in [0, 0.05) is 0 Å². The number of hydrogen-bond acceptors (Lipinski definition) is 5. The predicted octanol–water partition coefficient (Wildman–Crippen LogP) is 3.28. The number of hydrogen-bond donors (Lipinski definition) is 2. The number of benzene rings is 2. The first-order chi connectivity index (χ1) is 12.2. The number of halogens is 1. The SMILES string of the molecule is N#CC1=C(N)N2C(=C(C#N)[C@@H]1c1ccc(F)cc1)Nc1ccccc12. The summed E-state index contributed by atoms with van der Waals surface area (Å²) in [6, 6.07) is 17.6. The molecule has 0 saturated carbocycles. The van der Waals surface area contributed by atoms with E-state index < -0.39 is 5.92 Å². The molecule has 6 heteroatoms. The molecule has 0 radical (unpaired) electrons. The van der Waals surface area contributed by atoms with Crippen molar-refractivity contribution in [3.63, 3.8) is 0 Å². The van der Waals surface area contributed by atoms with E-state index in [4.69, 9.17) is 5.73 Å². The number of nitrogens with one attached hydrogen (secondary N) is 1. The van der Waals surface area contributed by atoms with Crippen molar-refractivity contribution in [3.8, 4) is 12.1 Å². The van der Waals surface area contributed by atoms with Gasteiger partial charge in [0.25, 0.3) is 0 Å². The highest BCUT2D eigenvalue weighted by atomic mass is 19.1. The van der Waals surface area contributed by atoms with Gasteiger partial charge in [-0.3, -0.25) is 4.90 Å². The molecule has 2 aliphatic heterocycles. The number of nitrogens with two attached hydrogens (primary N) is 1. The molecule has 120 valence electrons. The average Bonchev–Trinajstić information content (AvgIpc) is 3.02. The number of nitriles is 2. The quantitative estimate of drug-likeness (QED) is 0.838. The maximum absolute atomic E-state index is 13.3. The van der Waals surface area contributed by atoms with Gasteiger partial charge in [0.2, 0.25) is 0 Å². The molecule has 25 heavy (non-hydrogen) atoms. The smallest absolute Gasteiger partial charge is 0.131 e. The summed E-state index contributed by atoms with van der Waals surface area (Å²) < 4.78 is 13.3. The fraction of sp³-hybridized carbons (Fsp3) is 0.0526. The van der Waals surface area contributed by atoms with Gasteiger partial charge in [0.05, 0.1) is 40.6 Å². The lowest BCUT2D eigenvalue weighted by Gasteiger charge is -2.31. The lowest BCUT2D eigenvalue weighted by molar-refractivity contribution is 0.626. The van der Waals surface area contributed by atoms with Crippen molar-refractivity contribution in [2.45, 2.75) is 5.92 Å². The van der Waals surface area contributed by atoms with Crippen molar-refractivity contribution in [3.05, 3.63) is 82.7 Å². The molecule has 0 aromatic heterocycles. The van der Waals surface area contributed by atoms with Gasteiger partial charge in [-0.2, -0.15) is 10.5 Å². The molecule has 0 saturated heterocycles. The molecule has 1 atom stereocenters. The molecule has 0 bridgehead atoms. The van der Waals surface area contributed by atoms with Crippen LogP contribution in [0.2, 0.25) is 0 Å². The first-order valence-electron chi connectivity index (χ1n) is 7.61. The Bertz CT molecular complexity index is 1020. The second kappa shape index (κ2) is 5.40. The maximum Gasteiger partial charge on any atom is 0.131 e. The van der Waals surface area contributed by atoms with Crippen molar-refractivity contribution in [2.75, 3.05) is 10.2 Å². The highest BCUT2D eigenvalue weighted by Gasteiger charge is 2.40. The molecule has 2 aromatic rings. The molecular formula is C19H12FN5. The minimum atomic E-state index is -0.635. The molecule has 0 spiro atoms. The summed E-state index contributed by atoms with van der Waals surface area (Å²) >= 11 is 0. The highest BCUT2D eigenvalue weighted by molar-refractivity contribution is 5.86. The van der Waals surface area contributed by atoms with Gasteiger partial charge in [0.15, 0.2) is 0 Å². The van der Waals surface area contributed by atoms with E-state index in [0.29, 0.717) is 17.0 Å². The van der Waals surface area contributed by atoms with Crippen LogP contribution in [0.15, 0.2) is 71.3 Å². The maximum atomic E-state index is 13.3. The Balaban J connectivity index is 1.96. The number of allylic oxidation sites excluding steroid dienone is 2. The molecule has 2 aliphatic rings. The monoisotopic (exact) mass is 329 g/mol. The molecule has 4 rings (SSSR count). The zero-order valence-electron chi connectivity index (χ0n) is 13.0. The van der Waals surface area contributed by atoms with Gasteiger partial charge in [0.1, 0.15) is 17.5 Å². The highest BCUT2D eigenvalue weighted by Crippen LogP contribution is 2.47. The summed E-state index contributed by atoms with van der Waals surface area (Å²) in [4.78, 5) is 1.69. The van der Waals surface area contributed by atoms with E-state index in [-0.39, 0.29) is 17.2 Å². The zero-order chi connectivity index (χ0) is 17.6. The van der Waals surface area contributed by atoms with Crippen molar-refractivity contribution in [1.29, 1.82) is 10.5 Å². The number of rotatable bonds is 1. The Morgan fingerprint density at radius 3 is 2.36 bits per heavy atom. The summed E-state index contributed by atoms with van der Waals surface area (Å²) in [6.45, 7) is 0. The molecule has 5 nitrogen and oxygen atoms in total. The van der Waals surface area contributed by atoms with Crippen LogP contribution in [0.4, 0.5) is 15.8 Å². The van der Waals surface area contributed by atoms with Gasteiger partial charge in [-0.15, -0.1) is 0 Å². The molecule has 0 amide bonds. The van der Waals surface area contributed by atoms with E-state index in [2.05, 4.69) is 17.5 Å². The van der Waals surface area contributed by atoms with Gasteiger partial charge in [-0.1, -0.05) is 24.3 Å². The summed E-state index contributed by atoms with van der Waals surface area (Å²) in [5.74, 6) is -0.212. The number of para-hydroxylation sites is 2. The third-order valence-corrected chi connectivity index (χ3v) is 4.42. The first-order valence-corrected chi connectivity index (χ1v) is 7.61. The Labute approximate surface area is 143 Å². The predicted molar refractivity (Wildman–Crippen MR) is 91.2 cm³/mol. The Hall–Kier alpha value is -3.77. The summed E-state index contributed by atoms with van der Waals surface area (Å²) in [7, 11) is 0. The molecular weight excluding hydrogens is 317 g/mol. The largest absolute Gasteiger partial charge is 0.384 e. The third kappa shape index (κ3) is 2.05. The van der Waals surface area contributed by atoms with E-state index in [1.165, 1.54) is 12.1 Å². The van der Waals surface area contributed by atoms with Crippen LogP contribution < -0.4 is 16.0 Å². The van der Waals surface area contributed by atoms with Crippen LogP contribution in [0.25, 0.3) is 0 Å². The van der Waals surface area contributed by atoms with Gasteiger partial charge >= 0.3 is 0 Å².